The van der Waals surface area contributed by atoms with Gasteiger partial charge in [-0.3, -0.25) is 0 Å². The maximum Gasteiger partial charge on any atom is 0.235 e. The van der Waals surface area contributed by atoms with E-state index in [1.54, 1.807) is 31.2 Å². The summed E-state index contributed by atoms with van der Waals surface area (Å²) in [6.07, 6.45) is 0.406. The lowest BCUT2D eigenvalue weighted by molar-refractivity contribution is 0.597. The highest BCUT2D eigenvalue weighted by atomic mass is 35.7. The van der Waals surface area contributed by atoms with Crippen molar-refractivity contribution in [1.82, 2.24) is 0 Å². The molecule has 0 spiro atoms. The van der Waals surface area contributed by atoms with E-state index in [1.165, 1.54) is 0 Å². The van der Waals surface area contributed by atoms with Gasteiger partial charge in [0.05, 0.1) is 5.25 Å². The number of halogens is 2. The predicted molar refractivity (Wildman–Crippen MR) is 59.4 cm³/mol. The van der Waals surface area contributed by atoms with E-state index in [9.17, 15) is 8.42 Å². The van der Waals surface area contributed by atoms with Gasteiger partial charge in [0.25, 0.3) is 0 Å². The number of hydrogen-bond acceptors (Lipinski definition) is 2. The van der Waals surface area contributed by atoms with E-state index in [2.05, 4.69) is 0 Å². The quantitative estimate of drug-likeness (QED) is 0.776. The Bertz CT molecular complexity index is 397. The van der Waals surface area contributed by atoms with Crippen LogP contribution in [0.25, 0.3) is 0 Å². The highest BCUT2D eigenvalue weighted by Gasteiger charge is 2.17. The molecule has 14 heavy (non-hydrogen) atoms. The van der Waals surface area contributed by atoms with Crippen molar-refractivity contribution < 1.29 is 8.42 Å². The summed E-state index contributed by atoms with van der Waals surface area (Å²) in [5.41, 5.74) is 0.908. The van der Waals surface area contributed by atoms with E-state index in [-0.39, 0.29) is 0 Å². The van der Waals surface area contributed by atoms with Crippen LogP contribution in [0, 0.1) is 0 Å². The molecule has 5 heteroatoms. The monoisotopic (exact) mass is 252 g/mol. The van der Waals surface area contributed by atoms with E-state index in [0.717, 1.165) is 5.56 Å². The average Bonchev–Trinajstić information content (AvgIpc) is 2.07. The topological polar surface area (TPSA) is 34.1 Å². The molecule has 0 radical (unpaired) electrons. The maximum absolute atomic E-state index is 10.9. The predicted octanol–water partition coefficient (Wildman–Crippen LogP) is 2.84. The highest BCUT2D eigenvalue weighted by molar-refractivity contribution is 8.14. The second-order valence-corrected chi connectivity index (χ2v) is 6.60. The Morgan fingerprint density at radius 3 is 2.21 bits per heavy atom. The molecule has 0 bridgehead atoms. The van der Waals surface area contributed by atoms with E-state index in [0.29, 0.717) is 11.4 Å². The fourth-order valence-electron chi connectivity index (χ4n) is 1.05. The second kappa shape index (κ2) is 4.51. The summed E-state index contributed by atoms with van der Waals surface area (Å²) in [6, 6.07) is 7.04. The zero-order chi connectivity index (χ0) is 10.8. The minimum Gasteiger partial charge on any atom is -0.212 e. The summed E-state index contributed by atoms with van der Waals surface area (Å²) < 4.78 is 21.9. The largest absolute Gasteiger partial charge is 0.235 e. The van der Waals surface area contributed by atoms with Gasteiger partial charge >= 0.3 is 0 Å². The van der Waals surface area contributed by atoms with Gasteiger partial charge in [-0.25, -0.2) is 8.42 Å². The fourth-order valence-corrected chi connectivity index (χ4v) is 1.76. The molecule has 1 atom stereocenters. The normalized spacial score (nSPS) is 13.9. The molecule has 0 N–H and O–H groups in total. The minimum absolute atomic E-state index is 0.406. The number of hydrogen-bond donors (Lipinski definition) is 0. The maximum atomic E-state index is 10.9. The van der Waals surface area contributed by atoms with Gasteiger partial charge in [0, 0.05) is 15.7 Å². The van der Waals surface area contributed by atoms with Crippen LogP contribution in [0.2, 0.25) is 5.02 Å². The van der Waals surface area contributed by atoms with Gasteiger partial charge in [-0.05, 0) is 31.0 Å². The Balaban J connectivity index is 2.75. The number of benzene rings is 1. The number of rotatable bonds is 3. The van der Waals surface area contributed by atoms with Gasteiger partial charge < -0.3 is 0 Å². The lowest BCUT2D eigenvalue weighted by Gasteiger charge is -2.07. The highest BCUT2D eigenvalue weighted by Crippen LogP contribution is 2.15. The van der Waals surface area contributed by atoms with Crippen molar-refractivity contribution in [2.24, 2.45) is 0 Å². The van der Waals surface area contributed by atoms with Crippen molar-refractivity contribution in [3.63, 3.8) is 0 Å². The molecular weight excluding hydrogens is 243 g/mol. The third kappa shape index (κ3) is 3.48. The molecule has 0 aliphatic carbocycles. The molecule has 0 aliphatic rings. The second-order valence-electron chi connectivity index (χ2n) is 3.12. The average molecular weight is 253 g/mol. The minimum atomic E-state index is -3.47. The molecule has 0 aliphatic heterocycles. The van der Waals surface area contributed by atoms with Crippen molar-refractivity contribution in [2.75, 3.05) is 0 Å². The summed E-state index contributed by atoms with van der Waals surface area (Å²) in [4.78, 5) is 0. The molecule has 0 saturated carbocycles. The molecular formula is C9H10Cl2O2S. The van der Waals surface area contributed by atoms with Gasteiger partial charge in [-0.1, -0.05) is 23.7 Å². The molecule has 0 saturated heterocycles. The van der Waals surface area contributed by atoms with E-state index < -0.39 is 14.3 Å². The standard InChI is InChI=1S/C9H10Cl2O2S/c1-7(14(11,12)13)6-8-2-4-9(10)5-3-8/h2-5,7H,6H2,1H3/t7-/m0/s1. The molecule has 78 valence electrons. The van der Waals surface area contributed by atoms with Crippen LogP contribution >= 0.6 is 22.3 Å². The summed E-state index contributed by atoms with van der Waals surface area (Å²) in [7, 11) is 1.74. The van der Waals surface area contributed by atoms with Crippen LogP contribution in [0.1, 0.15) is 12.5 Å². The summed E-state index contributed by atoms with van der Waals surface area (Å²) in [5.74, 6) is 0. The van der Waals surface area contributed by atoms with Crippen LogP contribution in [-0.4, -0.2) is 13.7 Å². The first-order chi connectivity index (χ1) is 6.39. The molecule has 0 heterocycles. The zero-order valence-electron chi connectivity index (χ0n) is 7.57. The van der Waals surface area contributed by atoms with E-state index in [1.807, 2.05) is 0 Å². The third-order valence-corrected chi connectivity index (χ3v) is 4.21. The van der Waals surface area contributed by atoms with Crippen LogP contribution in [0.4, 0.5) is 0 Å². The van der Waals surface area contributed by atoms with Crippen molar-refractivity contribution in [3.05, 3.63) is 34.9 Å². The van der Waals surface area contributed by atoms with Crippen LogP contribution in [0.3, 0.4) is 0 Å². The first-order valence-electron chi connectivity index (χ1n) is 4.07. The van der Waals surface area contributed by atoms with Crippen molar-refractivity contribution in [3.8, 4) is 0 Å². The van der Waals surface area contributed by atoms with E-state index in [4.69, 9.17) is 22.3 Å². The van der Waals surface area contributed by atoms with Gasteiger partial charge in [0.2, 0.25) is 9.05 Å². The Hall–Kier alpha value is -0.250. The first kappa shape index (κ1) is 11.8. The van der Waals surface area contributed by atoms with Crippen LogP contribution in [0.5, 0.6) is 0 Å². The van der Waals surface area contributed by atoms with Crippen molar-refractivity contribution in [1.29, 1.82) is 0 Å². The van der Waals surface area contributed by atoms with Gasteiger partial charge in [-0.15, -0.1) is 0 Å². The van der Waals surface area contributed by atoms with E-state index >= 15 is 0 Å². The molecule has 1 aromatic rings. The summed E-state index contributed by atoms with van der Waals surface area (Å²) in [5, 5.41) is 0.0560. The van der Waals surface area contributed by atoms with Crippen LogP contribution < -0.4 is 0 Å². The molecule has 1 aromatic carbocycles. The van der Waals surface area contributed by atoms with Crippen molar-refractivity contribution >= 4 is 31.3 Å². The molecule has 0 aromatic heterocycles. The third-order valence-electron chi connectivity index (χ3n) is 1.92. The molecule has 1 rings (SSSR count). The Kier molecular flexibility index (Phi) is 3.81. The van der Waals surface area contributed by atoms with Crippen LogP contribution in [0.15, 0.2) is 24.3 Å². The fraction of sp³-hybridized carbons (Fsp3) is 0.333. The first-order valence-corrected chi connectivity index (χ1v) is 6.82. The Labute approximate surface area is 93.3 Å². The molecule has 0 fully saturated rings. The smallest absolute Gasteiger partial charge is 0.212 e. The zero-order valence-corrected chi connectivity index (χ0v) is 9.90. The lowest BCUT2D eigenvalue weighted by Crippen LogP contribution is -2.14. The Morgan fingerprint density at radius 1 is 1.29 bits per heavy atom. The molecule has 0 amide bonds. The summed E-state index contributed by atoms with van der Waals surface area (Å²) in [6.45, 7) is 1.58. The van der Waals surface area contributed by atoms with Crippen molar-refractivity contribution in [2.45, 2.75) is 18.6 Å². The SMILES string of the molecule is C[C@@H](Cc1ccc(Cl)cc1)S(=O)(=O)Cl. The van der Waals surface area contributed by atoms with Gasteiger partial charge in [0.15, 0.2) is 0 Å². The van der Waals surface area contributed by atoms with Gasteiger partial charge in [-0.2, -0.15) is 0 Å². The molecule has 2 nitrogen and oxygen atoms in total. The van der Waals surface area contributed by atoms with Gasteiger partial charge in [0.1, 0.15) is 0 Å². The van der Waals surface area contributed by atoms with Crippen LogP contribution in [-0.2, 0) is 15.5 Å². The summed E-state index contributed by atoms with van der Waals surface area (Å²) >= 11 is 5.69. The molecule has 0 unspecified atom stereocenters. The lowest BCUT2D eigenvalue weighted by atomic mass is 10.1. The Morgan fingerprint density at radius 2 is 1.79 bits per heavy atom.